The van der Waals surface area contributed by atoms with Gasteiger partial charge < -0.3 is 15.6 Å². The smallest absolute Gasteiger partial charge is 0.253 e. The van der Waals surface area contributed by atoms with Crippen LogP contribution < -0.4 is 10.6 Å². The van der Waals surface area contributed by atoms with Crippen LogP contribution in [0.5, 0.6) is 0 Å². The molecule has 0 spiro atoms. The van der Waals surface area contributed by atoms with E-state index in [4.69, 9.17) is 23.2 Å². The number of rotatable bonds is 7. The Morgan fingerprint density at radius 2 is 1.70 bits per heavy atom. The van der Waals surface area contributed by atoms with Crippen molar-refractivity contribution in [1.82, 2.24) is 15.6 Å². The summed E-state index contributed by atoms with van der Waals surface area (Å²) in [6, 6.07) is 20.8. The molecular formula is C26H23Cl2N3O2. The second-order valence-electron chi connectivity index (χ2n) is 7.85. The number of hydrogen-bond acceptors (Lipinski definition) is 2. The fraction of sp³-hybridized carbons (Fsp3) is 0.154. The molecule has 1 heterocycles. The minimum atomic E-state index is -0.811. The Morgan fingerprint density at radius 3 is 2.48 bits per heavy atom. The van der Waals surface area contributed by atoms with E-state index in [0.29, 0.717) is 22.0 Å². The number of hydrogen-bond donors (Lipinski definition) is 3. The summed E-state index contributed by atoms with van der Waals surface area (Å²) in [6.45, 7) is 1.88. The Kier molecular flexibility index (Phi) is 7.02. The van der Waals surface area contributed by atoms with Crippen molar-refractivity contribution in [2.75, 3.05) is 0 Å². The summed E-state index contributed by atoms with van der Waals surface area (Å²) in [5, 5.41) is 7.80. The van der Waals surface area contributed by atoms with Crippen molar-refractivity contribution in [3.8, 4) is 0 Å². The molecule has 5 nitrogen and oxygen atoms in total. The van der Waals surface area contributed by atoms with Crippen molar-refractivity contribution in [1.29, 1.82) is 0 Å². The van der Waals surface area contributed by atoms with E-state index in [0.717, 1.165) is 22.0 Å². The lowest BCUT2D eigenvalue weighted by molar-refractivity contribution is -0.123. The highest BCUT2D eigenvalue weighted by atomic mass is 35.5. The number of aromatic nitrogens is 1. The third-order valence-corrected chi connectivity index (χ3v) is 6.11. The molecule has 168 valence electrons. The maximum Gasteiger partial charge on any atom is 0.253 e. The number of halogens is 2. The summed E-state index contributed by atoms with van der Waals surface area (Å²) in [5.41, 5.74) is 3.09. The zero-order valence-corrected chi connectivity index (χ0v) is 19.5. The number of benzene rings is 3. The number of fused-ring (bicyclic) bond motifs is 1. The second kappa shape index (κ2) is 10.1. The molecule has 3 aromatic carbocycles. The molecule has 2 unspecified atom stereocenters. The zero-order valence-electron chi connectivity index (χ0n) is 17.9. The maximum absolute atomic E-state index is 13.3. The maximum atomic E-state index is 13.3. The topological polar surface area (TPSA) is 74.0 Å². The van der Waals surface area contributed by atoms with E-state index < -0.39 is 11.9 Å². The molecule has 4 aromatic rings. The van der Waals surface area contributed by atoms with Crippen molar-refractivity contribution in [2.45, 2.75) is 25.4 Å². The van der Waals surface area contributed by atoms with Crippen LogP contribution in [0.15, 0.2) is 79.0 Å². The zero-order chi connectivity index (χ0) is 23.4. The summed E-state index contributed by atoms with van der Waals surface area (Å²) in [4.78, 5) is 29.5. The van der Waals surface area contributed by atoms with Gasteiger partial charge in [0.15, 0.2) is 0 Å². The molecule has 0 aliphatic carbocycles. The van der Waals surface area contributed by atoms with Crippen LogP contribution in [-0.2, 0) is 11.2 Å². The lowest BCUT2D eigenvalue weighted by Crippen LogP contribution is -2.48. The first kappa shape index (κ1) is 22.9. The number of amides is 2. The number of H-pyrrole nitrogens is 1. The number of nitrogens with one attached hydrogen (secondary N) is 3. The van der Waals surface area contributed by atoms with Crippen LogP contribution in [0.2, 0.25) is 10.0 Å². The van der Waals surface area contributed by atoms with Crippen LogP contribution in [0, 0.1) is 0 Å². The lowest BCUT2D eigenvalue weighted by Gasteiger charge is -2.22. The molecule has 7 heteroatoms. The van der Waals surface area contributed by atoms with Crippen molar-refractivity contribution in [2.24, 2.45) is 0 Å². The molecule has 1 aromatic heterocycles. The molecule has 0 aliphatic heterocycles. The molecule has 0 saturated heterocycles. The largest absolute Gasteiger partial charge is 0.361 e. The standard InChI is InChI=1S/C26H23Cl2N3O2/c1-16(17-7-6-8-19(27)13-17)30-26(33)24(31-25(32)21-10-2-4-11-22(21)28)14-18-15-29-23-12-5-3-9-20(18)23/h2-13,15-16,24,29H,14H2,1H3,(H,30,33)(H,31,32). The molecule has 3 N–H and O–H groups in total. The average molecular weight is 480 g/mol. The first-order valence-electron chi connectivity index (χ1n) is 10.6. The van der Waals surface area contributed by atoms with E-state index >= 15 is 0 Å². The van der Waals surface area contributed by atoms with Gasteiger partial charge in [-0.2, -0.15) is 0 Å². The lowest BCUT2D eigenvalue weighted by atomic mass is 10.0. The van der Waals surface area contributed by atoms with Gasteiger partial charge in [0, 0.05) is 28.5 Å². The highest BCUT2D eigenvalue weighted by molar-refractivity contribution is 6.33. The monoisotopic (exact) mass is 479 g/mol. The number of aromatic amines is 1. The van der Waals surface area contributed by atoms with E-state index in [-0.39, 0.29) is 11.9 Å². The van der Waals surface area contributed by atoms with E-state index in [1.54, 1.807) is 30.3 Å². The van der Waals surface area contributed by atoms with E-state index in [1.165, 1.54) is 0 Å². The van der Waals surface area contributed by atoms with Crippen LogP contribution in [0.25, 0.3) is 10.9 Å². The number of carbonyl (C=O) groups is 2. The highest BCUT2D eigenvalue weighted by Gasteiger charge is 2.25. The van der Waals surface area contributed by atoms with Gasteiger partial charge in [-0.1, -0.05) is 65.7 Å². The van der Waals surface area contributed by atoms with E-state index in [2.05, 4.69) is 15.6 Å². The number of carbonyl (C=O) groups excluding carboxylic acids is 2. The third-order valence-electron chi connectivity index (χ3n) is 5.55. The predicted octanol–water partition coefficient (Wildman–Crippen LogP) is 5.69. The first-order chi connectivity index (χ1) is 15.9. The minimum Gasteiger partial charge on any atom is -0.361 e. The quantitative estimate of drug-likeness (QED) is 0.318. The van der Waals surface area contributed by atoms with Crippen molar-refractivity contribution in [3.63, 3.8) is 0 Å². The van der Waals surface area contributed by atoms with Crippen molar-refractivity contribution < 1.29 is 9.59 Å². The molecule has 0 fully saturated rings. The Hall–Kier alpha value is -3.28. The van der Waals surface area contributed by atoms with Crippen LogP contribution >= 0.6 is 23.2 Å². The summed E-state index contributed by atoms with van der Waals surface area (Å²) in [5.74, 6) is -0.704. The molecule has 0 bridgehead atoms. The second-order valence-corrected chi connectivity index (χ2v) is 8.70. The van der Waals surface area contributed by atoms with E-state index in [1.807, 2.05) is 55.6 Å². The van der Waals surface area contributed by atoms with Gasteiger partial charge in [-0.25, -0.2) is 0 Å². The molecule has 4 rings (SSSR count). The SMILES string of the molecule is CC(NC(=O)C(Cc1c[nH]c2ccccc12)NC(=O)c1ccccc1Cl)c1cccc(Cl)c1. The minimum absolute atomic E-state index is 0.293. The van der Waals surface area contributed by atoms with Crippen molar-refractivity contribution in [3.05, 3.63) is 106 Å². The van der Waals surface area contributed by atoms with Gasteiger partial charge in [0.2, 0.25) is 5.91 Å². The van der Waals surface area contributed by atoms with Gasteiger partial charge in [0.25, 0.3) is 5.91 Å². The molecule has 2 atom stereocenters. The van der Waals surface area contributed by atoms with Crippen LogP contribution in [-0.4, -0.2) is 22.8 Å². The number of para-hydroxylation sites is 1. The molecule has 33 heavy (non-hydrogen) atoms. The predicted molar refractivity (Wildman–Crippen MR) is 133 cm³/mol. The van der Waals surface area contributed by atoms with Crippen LogP contribution in [0.1, 0.15) is 34.5 Å². The summed E-state index contributed by atoms with van der Waals surface area (Å²) >= 11 is 12.3. The fourth-order valence-electron chi connectivity index (χ4n) is 3.78. The van der Waals surface area contributed by atoms with Gasteiger partial charge in [-0.05, 0) is 48.4 Å². The Labute approximate surface area is 202 Å². The Morgan fingerprint density at radius 1 is 0.939 bits per heavy atom. The van der Waals surface area contributed by atoms with Gasteiger partial charge in [0.05, 0.1) is 16.6 Å². The third kappa shape index (κ3) is 5.38. The summed E-state index contributed by atoms with van der Waals surface area (Å²) in [7, 11) is 0. The van der Waals surface area contributed by atoms with Crippen LogP contribution in [0.4, 0.5) is 0 Å². The molecule has 0 saturated carbocycles. The summed E-state index contributed by atoms with van der Waals surface area (Å²) < 4.78 is 0. The first-order valence-corrected chi connectivity index (χ1v) is 11.3. The Balaban J connectivity index is 1.59. The van der Waals surface area contributed by atoms with Crippen LogP contribution in [0.3, 0.4) is 0 Å². The highest BCUT2D eigenvalue weighted by Crippen LogP contribution is 2.21. The molecule has 0 radical (unpaired) electrons. The normalized spacial score (nSPS) is 12.8. The average Bonchev–Trinajstić information content (AvgIpc) is 3.21. The summed E-state index contributed by atoms with van der Waals surface area (Å²) in [6.07, 6.45) is 2.18. The Bertz CT molecular complexity index is 1300. The van der Waals surface area contributed by atoms with Gasteiger partial charge >= 0.3 is 0 Å². The van der Waals surface area contributed by atoms with Crippen molar-refractivity contribution >= 4 is 45.9 Å². The van der Waals surface area contributed by atoms with Gasteiger partial charge in [0.1, 0.15) is 6.04 Å². The molecular weight excluding hydrogens is 457 g/mol. The molecule has 0 aliphatic rings. The fourth-order valence-corrected chi connectivity index (χ4v) is 4.20. The van der Waals surface area contributed by atoms with Gasteiger partial charge in [-0.15, -0.1) is 0 Å². The van der Waals surface area contributed by atoms with E-state index in [9.17, 15) is 9.59 Å². The molecule has 2 amide bonds. The van der Waals surface area contributed by atoms with Gasteiger partial charge in [-0.3, -0.25) is 9.59 Å².